The lowest BCUT2D eigenvalue weighted by Gasteiger charge is -2.15. The maximum Gasteiger partial charge on any atom is 0.387 e. The zero-order valence-electron chi connectivity index (χ0n) is 19.2. The van der Waals surface area contributed by atoms with E-state index < -0.39 is 22.7 Å². The number of rotatable bonds is 12. The Kier molecular flexibility index (Phi) is 8.44. The summed E-state index contributed by atoms with van der Waals surface area (Å²) in [6, 6.07) is 16.4. The fourth-order valence-corrected chi connectivity index (χ4v) is 4.79. The first-order valence-corrected chi connectivity index (χ1v) is 12.9. The van der Waals surface area contributed by atoms with Crippen molar-refractivity contribution < 1.29 is 31.8 Å². The SMILES string of the molecule is O=S(=O)(Nc1cccc([C@@H](O)CNCCOc2ccc3c(Cl)n[nH]c3c2)c1)c1cccc(OC(F)F)c1. The Balaban J connectivity index is 1.28. The number of aliphatic hydroxyl groups is 1. The zero-order valence-corrected chi connectivity index (χ0v) is 20.8. The van der Waals surface area contributed by atoms with Crippen LogP contribution in [0.1, 0.15) is 11.7 Å². The van der Waals surface area contributed by atoms with E-state index in [4.69, 9.17) is 16.3 Å². The number of sulfonamides is 1. The number of hydrogen-bond donors (Lipinski definition) is 4. The van der Waals surface area contributed by atoms with Crippen molar-refractivity contribution in [3.8, 4) is 11.5 Å². The van der Waals surface area contributed by atoms with Gasteiger partial charge in [-0.2, -0.15) is 13.9 Å². The Labute approximate surface area is 216 Å². The number of hydrogen-bond acceptors (Lipinski definition) is 7. The van der Waals surface area contributed by atoms with Crippen molar-refractivity contribution in [2.24, 2.45) is 0 Å². The summed E-state index contributed by atoms with van der Waals surface area (Å²) in [4.78, 5) is -0.243. The van der Waals surface area contributed by atoms with Crippen molar-refractivity contribution in [3.05, 3.63) is 77.4 Å². The predicted octanol–water partition coefficient (Wildman–Crippen LogP) is 4.32. The molecule has 4 N–H and O–H groups in total. The monoisotopic (exact) mass is 552 g/mol. The number of halogens is 3. The summed E-state index contributed by atoms with van der Waals surface area (Å²) >= 11 is 5.96. The minimum absolute atomic E-state index is 0.196. The molecule has 4 aromatic rings. The highest BCUT2D eigenvalue weighted by Gasteiger charge is 2.17. The molecule has 37 heavy (non-hydrogen) atoms. The van der Waals surface area contributed by atoms with Crippen LogP contribution in [-0.4, -0.2) is 50.0 Å². The second kappa shape index (κ2) is 11.7. The summed E-state index contributed by atoms with van der Waals surface area (Å²) < 4.78 is 62.6. The Bertz CT molecular complexity index is 1470. The van der Waals surface area contributed by atoms with E-state index in [0.29, 0.717) is 29.6 Å². The summed E-state index contributed by atoms with van der Waals surface area (Å²) in [5, 5.41) is 21.5. The highest BCUT2D eigenvalue weighted by Crippen LogP contribution is 2.25. The predicted molar refractivity (Wildman–Crippen MR) is 135 cm³/mol. The molecule has 0 saturated carbocycles. The van der Waals surface area contributed by atoms with E-state index in [2.05, 4.69) is 25.0 Å². The van der Waals surface area contributed by atoms with Gasteiger partial charge in [0.15, 0.2) is 5.15 Å². The number of anilines is 1. The van der Waals surface area contributed by atoms with E-state index in [0.717, 1.165) is 17.0 Å². The Hall–Kier alpha value is -3.45. The summed E-state index contributed by atoms with van der Waals surface area (Å²) in [5.74, 6) is 0.366. The van der Waals surface area contributed by atoms with Crippen LogP contribution >= 0.6 is 11.6 Å². The van der Waals surface area contributed by atoms with Gasteiger partial charge in [-0.25, -0.2) is 8.42 Å². The largest absolute Gasteiger partial charge is 0.492 e. The second-order valence-electron chi connectivity index (χ2n) is 7.87. The van der Waals surface area contributed by atoms with Gasteiger partial charge in [-0.1, -0.05) is 29.8 Å². The maximum absolute atomic E-state index is 12.7. The number of aromatic nitrogens is 2. The van der Waals surface area contributed by atoms with Crippen molar-refractivity contribution in [1.29, 1.82) is 0 Å². The van der Waals surface area contributed by atoms with Crippen LogP contribution in [0.25, 0.3) is 10.9 Å². The summed E-state index contributed by atoms with van der Waals surface area (Å²) in [6.45, 7) is -2.09. The molecule has 13 heteroatoms. The van der Waals surface area contributed by atoms with Gasteiger partial charge in [-0.3, -0.25) is 9.82 Å². The molecule has 0 amide bonds. The minimum atomic E-state index is -4.08. The van der Waals surface area contributed by atoms with E-state index >= 15 is 0 Å². The number of nitrogens with one attached hydrogen (secondary N) is 3. The number of benzene rings is 3. The lowest BCUT2D eigenvalue weighted by Crippen LogP contribution is -2.26. The van der Waals surface area contributed by atoms with Crippen LogP contribution in [0.4, 0.5) is 14.5 Å². The van der Waals surface area contributed by atoms with Gasteiger partial charge >= 0.3 is 6.61 Å². The van der Waals surface area contributed by atoms with Gasteiger partial charge in [0, 0.05) is 36.3 Å². The lowest BCUT2D eigenvalue weighted by molar-refractivity contribution is -0.0499. The molecule has 4 rings (SSSR count). The standard InChI is InChI=1S/C24H23ClF2N4O5S/c25-23-20-8-7-17(13-21(20)29-30-23)35-10-9-28-14-22(32)15-3-1-4-16(11-15)31-37(33,34)19-6-2-5-18(12-19)36-24(26)27/h1-8,11-13,22,24,28,31-32H,9-10,14H2,(H,29,30)/t22-/m0/s1. The molecule has 0 bridgehead atoms. The number of ether oxygens (including phenoxy) is 2. The molecule has 0 aliphatic heterocycles. The maximum atomic E-state index is 12.7. The highest BCUT2D eigenvalue weighted by molar-refractivity contribution is 7.92. The normalized spacial score (nSPS) is 12.6. The van der Waals surface area contributed by atoms with E-state index in [-0.39, 0.29) is 22.9 Å². The third kappa shape index (κ3) is 7.07. The first-order valence-electron chi connectivity index (χ1n) is 11.0. The molecule has 1 aromatic heterocycles. The second-order valence-corrected chi connectivity index (χ2v) is 9.91. The number of aromatic amines is 1. The lowest BCUT2D eigenvalue weighted by atomic mass is 10.1. The van der Waals surface area contributed by atoms with Gasteiger partial charge in [0.05, 0.1) is 16.5 Å². The van der Waals surface area contributed by atoms with Gasteiger partial charge in [-0.05, 0) is 42.0 Å². The molecular formula is C24H23ClF2N4O5S. The molecule has 0 radical (unpaired) electrons. The van der Waals surface area contributed by atoms with Crippen LogP contribution in [0.2, 0.25) is 5.15 Å². The van der Waals surface area contributed by atoms with Crippen LogP contribution in [0.3, 0.4) is 0 Å². The molecule has 1 atom stereocenters. The Morgan fingerprint density at radius 1 is 1.05 bits per heavy atom. The molecule has 1 heterocycles. The topological polar surface area (TPSA) is 126 Å². The molecular weight excluding hydrogens is 530 g/mol. The third-order valence-corrected chi connectivity index (χ3v) is 6.90. The third-order valence-electron chi connectivity index (χ3n) is 5.24. The van der Waals surface area contributed by atoms with E-state index in [1.54, 1.807) is 24.3 Å². The fourth-order valence-electron chi connectivity index (χ4n) is 3.49. The van der Waals surface area contributed by atoms with Gasteiger partial charge in [0.2, 0.25) is 0 Å². The molecule has 3 aromatic carbocycles. The van der Waals surface area contributed by atoms with Crippen molar-refractivity contribution in [1.82, 2.24) is 15.5 Å². The van der Waals surface area contributed by atoms with Gasteiger partial charge < -0.3 is 19.9 Å². The Morgan fingerprint density at radius 2 is 1.86 bits per heavy atom. The summed E-state index contributed by atoms with van der Waals surface area (Å²) in [7, 11) is -4.08. The van der Waals surface area contributed by atoms with Crippen molar-refractivity contribution in [2.75, 3.05) is 24.4 Å². The van der Waals surface area contributed by atoms with Crippen LogP contribution in [0.15, 0.2) is 71.6 Å². The highest BCUT2D eigenvalue weighted by atomic mass is 35.5. The van der Waals surface area contributed by atoms with Crippen LogP contribution in [0, 0.1) is 0 Å². The first-order chi connectivity index (χ1) is 17.7. The molecule has 9 nitrogen and oxygen atoms in total. The molecule has 0 aliphatic rings. The molecule has 0 saturated heterocycles. The van der Waals surface area contributed by atoms with Gasteiger partial charge in [-0.15, -0.1) is 0 Å². The number of nitrogens with zero attached hydrogens (tertiary/aromatic N) is 1. The average molecular weight is 553 g/mol. The fraction of sp³-hybridized carbons (Fsp3) is 0.208. The summed E-state index contributed by atoms with van der Waals surface area (Å²) in [5.41, 5.74) is 1.44. The number of alkyl halides is 2. The van der Waals surface area contributed by atoms with E-state index in [1.807, 2.05) is 6.07 Å². The van der Waals surface area contributed by atoms with Crippen LogP contribution in [-0.2, 0) is 10.0 Å². The smallest absolute Gasteiger partial charge is 0.387 e. The van der Waals surface area contributed by atoms with Crippen LogP contribution in [0.5, 0.6) is 11.5 Å². The van der Waals surface area contributed by atoms with Crippen molar-refractivity contribution in [2.45, 2.75) is 17.6 Å². The number of fused-ring (bicyclic) bond motifs is 1. The molecule has 0 fully saturated rings. The number of aliphatic hydroxyl groups excluding tert-OH is 1. The van der Waals surface area contributed by atoms with Gasteiger partial charge in [0.1, 0.15) is 18.1 Å². The van der Waals surface area contributed by atoms with Crippen molar-refractivity contribution in [3.63, 3.8) is 0 Å². The minimum Gasteiger partial charge on any atom is -0.492 e. The average Bonchev–Trinajstić information content (AvgIpc) is 3.23. The van der Waals surface area contributed by atoms with Crippen LogP contribution < -0.4 is 19.5 Å². The first kappa shape index (κ1) is 26.6. The molecule has 0 aliphatic carbocycles. The summed E-state index contributed by atoms with van der Waals surface area (Å²) in [6.07, 6.45) is -0.921. The Morgan fingerprint density at radius 3 is 2.68 bits per heavy atom. The quantitative estimate of drug-likeness (QED) is 0.193. The van der Waals surface area contributed by atoms with Gasteiger partial charge in [0.25, 0.3) is 10.0 Å². The number of H-pyrrole nitrogens is 1. The molecule has 0 spiro atoms. The van der Waals surface area contributed by atoms with Crippen molar-refractivity contribution >= 4 is 38.2 Å². The zero-order chi connectivity index (χ0) is 26.4. The van der Waals surface area contributed by atoms with E-state index in [1.165, 1.54) is 30.3 Å². The molecule has 0 unspecified atom stereocenters. The van der Waals surface area contributed by atoms with E-state index in [9.17, 15) is 22.3 Å². The molecule has 196 valence electrons.